The third kappa shape index (κ3) is 2.00. The molecule has 0 unspecified atom stereocenters. The molecular formula is C9H14N4O. The van der Waals surface area contributed by atoms with E-state index in [1.807, 2.05) is 6.07 Å². The highest BCUT2D eigenvalue weighted by Crippen LogP contribution is 2.11. The van der Waals surface area contributed by atoms with Gasteiger partial charge in [-0.3, -0.25) is 0 Å². The van der Waals surface area contributed by atoms with Gasteiger partial charge in [0.05, 0.1) is 19.8 Å². The van der Waals surface area contributed by atoms with Crippen molar-refractivity contribution in [2.45, 2.75) is 6.54 Å². The van der Waals surface area contributed by atoms with Crippen LogP contribution in [0.3, 0.4) is 0 Å². The molecule has 5 heteroatoms. The fourth-order valence-corrected chi connectivity index (χ4v) is 1.46. The predicted molar refractivity (Wildman–Crippen MR) is 53.0 cm³/mol. The van der Waals surface area contributed by atoms with E-state index in [4.69, 9.17) is 10.5 Å². The maximum atomic E-state index is 5.48. The van der Waals surface area contributed by atoms with Gasteiger partial charge in [-0.1, -0.05) is 0 Å². The maximum absolute atomic E-state index is 5.48. The second kappa shape index (κ2) is 4.34. The smallest absolute Gasteiger partial charge is 0.144 e. The first kappa shape index (κ1) is 9.36. The molecule has 0 spiro atoms. The number of hydrogen-bond acceptors (Lipinski definition) is 5. The van der Waals surface area contributed by atoms with Crippen LogP contribution in [0.15, 0.2) is 12.3 Å². The summed E-state index contributed by atoms with van der Waals surface area (Å²) in [4.78, 5) is 10.6. The van der Waals surface area contributed by atoms with Gasteiger partial charge in [-0.2, -0.15) is 0 Å². The second-order valence-corrected chi connectivity index (χ2v) is 3.13. The summed E-state index contributed by atoms with van der Waals surface area (Å²) in [5.41, 5.74) is 5.48. The fourth-order valence-electron chi connectivity index (χ4n) is 1.46. The zero-order valence-corrected chi connectivity index (χ0v) is 8.02. The number of nitrogens with zero attached hydrogens (tertiary/aromatic N) is 3. The van der Waals surface area contributed by atoms with Gasteiger partial charge in [0.25, 0.3) is 0 Å². The van der Waals surface area contributed by atoms with E-state index in [0.717, 1.165) is 32.1 Å². The van der Waals surface area contributed by atoms with Gasteiger partial charge in [0.2, 0.25) is 0 Å². The zero-order chi connectivity index (χ0) is 9.80. The highest BCUT2D eigenvalue weighted by molar-refractivity contribution is 5.37. The van der Waals surface area contributed by atoms with Crippen molar-refractivity contribution in [3.63, 3.8) is 0 Å². The standard InChI is InChI=1S/C9H14N4O/c10-7-8-11-2-1-9(12-8)13-3-5-14-6-4-13/h1-2H,3-7,10H2. The van der Waals surface area contributed by atoms with Crippen LogP contribution in [0.5, 0.6) is 0 Å². The quantitative estimate of drug-likeness (QED) is 0.704. The number of anilines is 1. The normalized spacial score (nSPS) is 17.1. The molecule has 1 aromatic rings. The Morgan fingerprint density at radius 3 is 2.93 bits per heavy atom. The number of hydrogen-bond donors (Lipinski definition) is 1. The number of morpholine rings is 1. The summed E-state index contributed by atoms with van der Waals surface area (Å²) < 4.78 is 5.27. The van der Waals surface area contributed by atoms with Gasteiger partial charge in [0.1, 0.15) is 11.6 Å². The zero-order valence-electron chi connectivity index (χ0n) is 8.02. The van der Waals surface area contributed by atoms with Crippen molar-refractivity contribution < 1.29 is 4.74 Å². The van der Waals surface area contributed by atoms with Gasteiger partial charge in [0, 0.05) is 19.3 Å². The molecule has 2 rings (SSSR count). The van der Waals surface area contributed by atoms with Crippen molar-refractivity contribution in [2.75, 3.05) is 31.2 Å². The highest BCUT2D eigenvalue weighted by atomic mass is 16.5. The summed E-state index contributed by atoms with van der Waals surface area (Å²) in [6.07, 6.45) is 1.75. The van der Waals surface area contributed by atoms with Gasteiger partial charge in [-0.25, -0.2) is 9.97 Å². The number of aromatic nitrogens is 2. The Hall–Kier alpha value is -1.20. The Kier molecular flexibility index (Phi) is 2.90. The molecule has 14 heavy (non-hydrogen) atoms. The predicted octanol–water partition coefficient (Wildman–Crippen LogP) is -0.228. The molecule has 1 fully saturated rings. The minimum absolute atomic E-state index is 0.387. The van der Waals surface area contributed by atoms with Gasteiger partial charge in [-0.15, -0.1) is 0 Å². The largest absolute Gasteiger partial charge is 0.378 e. The van der Waals surface area contributed by atoms with E-state index in [1.165, 1.54) is 0 Å². The van der Waals surface area contributed by atoms with Crippen molar-refractivity contribution in [3.8, 4) is 0 Å². The van der Waals surface area contributed by atoms with Gasteiger partial charge in [-0.05, 0) is 6.07 Å². The lowest BCUT2D eigenvalue weighted by Crippen LogP contribution is -2.36. The molecule has 2 N–H and O–H groups in total. The van der Waals surface area contributed by atoms with E-state index < -0.39 is 0 Å². The number of nitrogens with two attached hydrogens (primary N) is 1. The molecule has 0 bridgehead atoms. The fraction of sp³-hybridized carbons (Fsp3) is 0.556. The van der Waals surface area contributed by atoms with Crippen LogP contribution in [0.4, 0.5) is 5.82 Å². The van der Waals surface area contributed by atoms with Crippen LogP contribution in [0.1, 0.15) is 5.82 Å². The Morgan fingerprint density at radius 1 is 1.43 bits per heavy atom. The number of ether oxygens (including phenoxy) is 1. The molecule has 0 radical (unpaired) electrons. The van der Waals surface area contributed by atoms with Crippen LogP contribution < -0.4 is 10.6 Å². The molecule has 1 aliphatic rings. The molecule has 0 saturated carbocycles. The summed E-state index contributed by atoms with van der Waals surface area (Å²) in [6.45, 7) is 3.70. The van der Waals surface area contributed by atoms with Gasteiger partial charge in [0.15, 0.2) is 0 Å². The lowest BCUT2D eigenvalue weighted by Gasteiger charge is -2.27. The third-order valence-corrected chi connectivity index (χ3v) is 2.21. The van der Waals surface area contributed by atoms with Crippen LogP contribution >= 0.6 is 0 Å². The topological polar surface area (TPSA) is 64.3 Å². The van der Waals surface area contributed by atoms with E-state index in [9.17, 15) is 0 Å². The van der Waals surface area contributed by atoms with Crippen molar-refractivity contribution in [1.82, 2.24) is 9.97 Å². The van der Waals surface area contributed by atoms with Gasteiger partial charge >= 0.3 is 0 Å². The van der Waals surface area contributed by atoms with Crippen LogP contribution in [0.2, 0.25) is 0 Å². The Balaban J connectivity index is 2.13. The average molecular weight is 194 g/mol. The SMILES string of the molecule is NCc1nccc(N2CCOCC2)n1. The highest BCUT2D eigenvalue weighted by Gasteiger charge is 2.12. The van der Waals surface area contributed by atoms with E-state index >= 15 is 0 Å². The molecule has 2 heterocycles. The Morgan fingerprint density at radius 2 is 2.21 bits per heavy atom. The van der Waals surface area contributed by atoms with Crippen molar-refractivity contribution in [1.29, 1.82) is 0 Å². The average Bonchev–Trinajstić information content (AvgIpc) is 2.30. The molecular weight excluding hydrogens is 180 g/mol. The molecule has 0 amide bonds. The Bertz CT molecular complexity index is 299. The molecule has 76 valence electrons. The summed E-state index contributed by atoms with van der Waals surface area (Å²) in [7, 11) is 0. The molecule has 0 aromatic carbocycles. The number of rotatable bonds is 2. The van der Waals surface area contributed by atoms with E-state index in [2.05, 4.69) is 14.9 Å². The molecule has 1 saturated heterocycles. The molecule has 1 aliphatic heterocycles. The molecule has 5 nitrogen and oxygen atoms in total. The monoisotopic (exact) mass is 194 g/mol. The van der Waals surface area contributed by atoms with Crippen LogP contribution in [-0.2, 0) is 11.3 Å². The molecule has 1 aromatic heterocycles. The van der Waals surface area contributed by atoms with E-state index in [-0.39, 0.29) is 0 Å². The minimum atomic E-state index is 0.387. The van der Waals surface area contributed by atoms with Crippen LogP contribution in [0, 0.1) is 0 Å². The first-order valence-corrected chi connectivity index (χ1v) is 4.75. The van der Waals surface area contributed by atoms with E-state index in [1.54, 1.807) is 6.20 Å². The summed E-state index contributed by atoms with van der Waals surface area (Å²) in [5.74, 6) is 1.64. The lowest BCUT2D eigenvalue weighted by molar-refractivity contribution is 0.122. The first-order valence-electron chi connectivity index (χ1n) is 4.75. The Labute approximate surface area is 82.9 Å². The van der Waals surface area contributed by atoms with Gasteiger partial charge < -0.3 is 15.4 Å². The van der Waals surface area contributed by atoms with E-state index in [0.29, 0.717) is 12.4 Å². The van der Waals surface area contributed by atoms with Crippen molar-refractivity contribution >= 4 is 5.82 Å². The maximum Gasteiger partial charge on any atom is 0.144 e. The lowest BCUT2D eigenvalue weighted by atomic mass is 10.4. The van der Waals surface area contributed by atoms with Crippen molar-refractivity contribution in [2.24, 2.45) is 5.73 Å². The summed E-state index contributed by atoms with van der Waals surface area (Å²) in [5, 5.41) is 0. The summed E-state index contributed by atoms with van der Waals surface area (Å²) >= 11 is 0. The summed E-state index contributed by atoms with van der Waals surface area (Å²) in [6, 6.07) is 1.91. The second-order valence-electron chi connectivity index (χ2n) is 3.13. The molecule has 0 aliphatic carbocycles. The molecule has 0 atom stereocenters. The van der Waals surface area contributed by atoms with Crippen LogP contribution in [-0.4, -0.2) is 36.3 Å². The first-order chi connectivity index (χ1) is 6.90. The minimum Gasteiger partial charge on any atom is -0.378 e. The van der Waals surface area contributed by atoms with Crippen LogP contribution in [0.25, 0.3) is 0 Å². The third-order valence-electron chi connectivity index (χ3n) is 2.21. The van der Waals surface area contributed by atoms with Crippen molar-refractivity contribution in [3.05, 3.63) is 18.1 Å².